The third kappa shape index (κ3) is 2.41. The first kappa shape index (κ1) is 14.1. The number of carboxylic acid groups (broad SMARTS) is 1. The molecule has 1 saturated heterocycles. The van der Waals surface area contributed by atoms with E-state index in [9.17, 15) is 14.7 Å². The average Bonchev–Trinajstić information content (AvgIpc) is 2.93. The van der Waals surface area contributed by atoms with Gasteiger partial charge in [0.2, 0.25) is 0 Å². The predicted molar refractivity (Wildman–Crippen MR) is 74.0 cm³/mol. The number of carbonyl (C=O) groups is 2. The zero-order valence-corrected chi connectivity index (χ0v) is 12.6. The van der Waals surface area contributed by atoms with Gasteiger partial charge in [0.05, 0.1) is 5.41 Å². The molecule has 0 spiro atoms. The molecule has 1 aliphatic rings. The highest BCUT2D eigenvalue weighted by Crippen LogP contribution is 2.35. The van der Waals surface area contributed by atoms with Crippen LogP contribution in [-0.2, 0) is 11.8 Å². The van der Waals surface area contributed by atoms with Crippen molar-refractivity contribution in [3.8, 4) is 0 Å². The summed E-state index contributed by atoms with van der Waals surface area (Å²) in [6.45, 7) is 2.66. The molecule has 6 heteroatoms. The molecule has 0 aliphatic carbocycles. The van der Waals surface area contributed by atoms with Crippen molar-refractivity contribution in [1.29, 1.82) is 0 Å². The Labute approximate surface area is 120 Å². The van der Waals surface area contributed by atoms with Gasteiger partial charge in [-0.2, -0.15) is 0 Å². The number of hydrogen-bond acceptors (Lipinski definition) is 2. The minimum atomic E-state index is -0.807. The van der Waals surface area contributed by atoms with Crippen LogP contribution in [-0.4, -0.2) is 39.5 Å². The summed E-state index contributed by atoms with van der Waals surface area (Å²) in [5, 5.41) is 9.34. The molecule has 1 unspecified atom stereocenters. The maximum absolute atomic E-state index is 12.4. The van der Waals surface area contributed by atoms with Crippen molar-refractivity contribution in [2.45, 2.75) is 19.8 Å². The lowest BCUT2D eigenvalue weighted by molar-refractivity contribution is -0.148. The highest BCUT2D eigenvalue weighted by molar-refractivity contribution is 9.10. The Hall–Kier alpha value is -1.30. The minimum Gasteiger partial charge on any atom is -0.481 e. The summed E-state index contributed by atoms with van der Waals surface area (Å²) >= 11 is 3.33. The minimum absolute atomic E-state index is 0.107. The van der Waals surface area contributed by atoms with Gasteiger partial charge in [-0.15, -0.1) is 0 Å². The van der Waals surface area contributed by atoms with Gasteiger partial charge in [-0.25, -0.2) is 0 Å². The lowest BCUT2D eigenvalue weighted by Crippen LogP contribution is -2.37. The topological polar surface area (TPSA) is 62.5 Å². The van der Waals surface area contributed by atoms with E-state index in [0.717, 1.165) is 4.47 Å². The Balaban J connectivity index is 2.19. The number of rotatable bonds is 3. The van der Waals surface area contributed by atoms with Gasteiger partial charge in [0, 0.05) is 30.8 Å². The number of nitrogens with zero attached hydrogens (tertiary/aromatic N) is 2. The number of likely N-dealkylation sites (tertiary alicyclic amines) is 1. The summed E-state index contributed by atoms with van der Waals surface area (Å²) < 4.78 is 2.59. The van der Waals surface area contributed by atoms with Crippen LogP contribution in [0.2, 0.25) is 0 Å². The molecule has 1 aromatic heterocycles. The molecule has 1 amide bonds. The van der Waals surface area contributed by atoms with Crippen LogP contribution < -0.4 is 0 Å². The van der Waals surface area contributed by atoms with Crippen molar-refractivity contribution < 1.29 is 14.7 Å². The fraction of sp³-hybridized carbons (Fsp3) is 0.538. The highest BCUT2D eigenvalue weighted by Gasteiger charge is 2.45. The summed E-state index contributed by atoms with van der Waals surface area (Å²) in [7, 11) is 1.80. The second kappa shape index (κ2) is 5.00. The number of halogens is 1. The Kier molecular flexibility index (Phi) is 3.71. The van der Waals surface area contributed by atoms with Gasteiger partial charge in [-0.05, 0) is 34.8 Å². The van der Waals surface area contributed by atoms with Gasteiger partial charge in [0.1, 0.15) is 5.69 Å². The van der Waals surface area contributed by atoms with Crippen molar-refractivity contribution >= 4 is 27.8 Å². The largest absolute Gasteiger partial charge is 0.481 e. The van der Waals surface area contributed by atoms with E-state index < -0.39 is 11.4 Å². The second-order valence-electron chi connectivity index (χ2n) is 5.07. The van der Waals surface area contributed by atoms with Crippen LogP contribution in [0.4, 0.5) is 0 Å². The molecule has 19 heavy (non-hydrogen) atoms. The maximum Gasteiger partial charge on any atom is 0.311 e. The summed E-state index contributed by atoms with van der Waals surface area (Å²) in [5.41, 5.74) is -0.206. The molecular weight excluding hydrogens is 312 g/mol. The Bertz CT molecular complexity index is 526. The molecule has 0 aromatic carbocycles. The molecule has 2 rings (SSSR count). The molecule has 0 bridgehead atoms. The van der Waals surface area contributed by atoms with Crippen LogP contribution in [0.1, 0.15) is 30.3 Å². The van der Waals surface area contributed by atoms with Crippen LogP contribution in [0, 0.1) is 5.41 Å². The smallest absolute Gasteiger partial charge is 0.311 e. The predicted octanol–water partition coefficient (Wildman–Crippen LogP) is 2.11. The van der Waals surface area contributed by atoms with Gasteiger partial charge in [-0.1, -0.05) is 6.92 Å². The second-order valence-corrected chi connectivity index (χ2v) is 5.99. The van der Waals surface area contributed by atoms with Gasteiger partial charge < -0.3 is 14.6 Å². The van der Waals surface area contributed by atoms with Crippen LogP contribution >= 0.6 is 15.9 Å². The average molecular weight is 329 g/mol. The lowest BCUT2D eigenvalue weighted by atomic mass is 9.84. The van der Waals surface area contributed by atoms with Crippen molar-refractivity contribution in [2.75, 3.05) is 13.1 Å². The summed E-state index contributed by atoms with van der Waals surface area (Å²) in [5.74, 6) is -0.914. The van der Waals surface area contributed by atoms with Crippen molar-refractivity contribution in [1.82, 2.24) is 9.47 Å². The number of carbonyl (C=O) groups excluding carboxylic acids is 1. The molecular formula is C13H17BrN2O3. The molecule has 1 atom stereocenters. The van der Waals surface area contributed by atoms with E-state index in [1.54, 1.807) is 22.6 Å². The molecule has 104 valence electrons. The van der Waals surface area contributed by atoms with E-state index in [0.29, 0.717) is 31.6 Å². The third-order valence-corrected chi connectivity index (χ3v) is 4.40. The van der Waals surface area contributed by atoms with Crippen molar-refractivity contribution in [2.24, 2.45) is 12.5 Å². The van der Waals surface area contributed by atoms with E-state index in [2.05, 4.69) is 15.9 Å². The van der Waals surface area contributed by atoms with E-state index in [-0.39, 0.29) is 5.91 Å². The van der Waals surface area contributed by atoms with E-state index in [1.807, 2.05) is 13.1 Å². The molecule has 2 heterocycles. The van der Waals surface area contributed by atoms with Crippen molar-refractivity contribution in [3.05, 3.63) is 22.4 Å². The monoisotopic (exact) mass is 328 g/mol. The number of aryl methyl sites for hydroxylation is 1. The van der Waals surface area contributed by atoms with E-state index in [1.165, 1.54) is 0 Å². The zero-order valence-electron chi connectivity index (χ0n) is 11.0. The molecule has 5 nitrogen and oxygen atoms in total. The van der Waals surface area contributed by atoms with Crippen LogP contribution in [0.5, 0.6) is 0 Å². The van der Waals surface area contributed by atoms with Gasteiger partial charge >= 0.3 is 5.97 Å². The Morgan fingerprint density at radius 3 is 2.63 bits per heavy atom. The standard InChI is InChI=1S/C13H17BrN2O3/c1-3-13(12(18)19)4-5-16(8-13)11(17)10-6-9(14)7-15(10)2/h6-7H,3-5,8H2,1-2H3,(H,18,19). The zero-order chi connectivity index (χ0) is 14.2. The van der Waals surface area contributed by atoms with Crippen molar-refractivity contribution in [3.63, 3.8) is 0 Å². The quantitative estimate of drug-likeness (QED) is 0.924. The SMILES string of the molecule is CCC1(C(=O)O)CCN(C(=O)c2cc(Br)cn2C)C1. The van der Waals surface area contributed by atoms with Gasteiger partial charge in [-0.3, -0.25) is 9.59 Å². The number of aromatic nitrogens is 1. The molecule has 1 aliphatic heterocycles. The number of carboxylic acids is 1. The molecule has 0 radical (unpaired) electrons. The molecule has 0 saturated carbocycles. The first-order valence-electron chi connectivity index (χ1n) is 6.24. The van der Waals surface area contributed by atoms with Crippen LogP contribution in [0.25, 0.3) is 0 Å². The van der Waals surface area contributed by atoms with E-state index >= 15 is 0 Å². The van der Waals surface area contributed by atoms with Gasteiger partial charge in [0.15, 0.2) is 0 Å². The molecule has 1 N–H and O–H groups in total. The van der Waals surface area contributed by atoms with Gasteiger partial charge in [0.25, 0.3) is 5.91 Å². The molecule has 1 aromatic rings. The number of aliphatic carboxylic acids is 1. The summed E-state index contributed by atoms with van der Waals surface area (Å²) in [6.07, 6.45) is 2.88. The Morgan fingerprint density at radius 1 is 1.53 bits per heavy atom. The summed E-state index contributed by atoms with van der Waals surface area (Å²) in [6, 6.07) is 1.76. The summed E-state index contributed by atoms with van der Waals surface area (Å²) in [4.78, 5) is 25.4. The maximum atomic E-state index is 12.4. The normalized spacial score (nSPS) is 22.8. The lowest BCUT2D eigenvalue weighted by Gasteiger charge is -2.23. The fourth-order valence-corrected chi connectivity index (χ4v) is 3.08. The highest BCUT2D eigenvalue weighted by atomic mass is 79.9. The number of hydrogen-bond donors (Lipinski definition) is 1. The fourth-order valence-electron chi connectivity index (χ4n) is 2.56. The third-order valence-electron chi connectivity index (χ3n) is 3.96. The number of amides is 1. The molecule has 1 fully saturated rings. The van der Waals surface area contributed by atoms with Crippen LogP contribution in [0.15, 0.2) is 16.7 Å². The Morgan fingerprint density at radius 2 is 2.21 bits per heavy atom. The first-order chi connectivity index (χ1) is 8.89. The van der Waals surface area contributed by atoms with E-state index in [4.69, 9.17) is 0 Å². The first-order valence-corrected chi connectivity index (χ1v) is 7.03. The van der Waals surface area contributed by atoms with Crippen LogP contribution in [0.3, 0.4) is 0 Å².